The molecule has 0 saturated carbocycles. The molecule has 2 rings (SSSR count). The van der Waals surface area contributed by atoms with Gasteiger partial charge in [0, 0.05) is 12.6 Å². The first-order chi connectivity index (χ1) is 9.56. The fourth-order valence-electron chi connectivity index (χ4n) is 2.98. The Morgan fingerprint density at radius 2 is 2.05 bits per heavy atom. The second kappa shape index (κ2) is 7.14. The lowest BCUT2D eigenvalue weighted by Crippen LogP contribution is -2.36. The molecule has 0 amide bonds. The van der Waals surface area contributed by atoms with Crippen LogP contribution in [0.4, 0.5) is 8.78 Å². The molecule has 112 valence electrons. The largest absolute Gasteiger partial charge is 0.393 e. The predicted molar refractivity (Wildman–Crippen MR) is 75.3 cm³/mol. The molecule has 1 aromatic rings. The van der Waals surface area contributed by atoms with Gasteiger partial charge in [-0.1, -0.05) is 18.9 Å². The van der Waals surface area contributed by atoms with E-state index in [9.17, 15) is 13.9 Å². The number of hydrogen-bond donors (Lipinski definition) is 1. The summed E-state index contributed by atoms with van der Waals surface area (Å²) >= 11 is 0. The Morgan fingerprint density at radius 3 is 2.75 bits per heavy atom. The van der Waals surface area contributed by atoms with Crippen LogP contribution in [0.1, 0.15) is 44.6 Å². The summed E-state index contributed by atoms with van der Waals surface area (Å²) in [6.07, 6.45) is 4.97. The van der Waals surface area contributed by atoms with Gasteiger partial charge in [-0.3, -0.25) is 4.90 Å². The standard InChI is InChI=1S/C16H23F2NO/c1-12(20)9-14-5-3-2-4-8-19(14)11-13-6-7-15(17)16(18)10-13/h6-7,10,12,14,20H,2-5,8-9,11H2,1H3. The van der Waals surface area contributed by atoms with E-state index in [-0.39, 0.29) is 6.10 Å². The first kappa shape index (κ1) is 15.4. The van der Waals surface area contributed by atoms with Crippen molar-refractivity contribution in [2.75, 3.05) is 6.54 Å². The highest BCUT2D eigenvalue weighted by Gasteiger charge is 2.22. The molecule has 0 bridgehead atoms. The van der Waals surface area contributed by atoms with E-state index in [4.69, 9.17) is 0 Å². The SMILES string of the molecule is CC(O)CC1CCCCCN1Cc1ccc(F)c(F)c1. The number of aliphatic hydroxyl groups is 1. The molecule has 1 aromatic carbocycles. The summed E-state index contributed by atoms with van der Waals surface area (Å²) in [5, 5.41) is 9.62. The van der Waals surface area contributed by atoms with Gasteiger partial charge in [0.15, 0.2) is 11.6 Å². The molecule has 1 N–H and O–H groups in total. The van der Waals surface area contributed by atoms with Crippen LogP contribution in [0.3, 0.4) is 0 Å². The molecule has 1 saturated heterocycles. The number of likely N-dealkylation sites (tertiary alicyclic amines) is 1. The van der Waals surface area contributed by atoms with Crippen molar-refractivity contribution < 1.29 is 13.9 Å². The lowest BCUT2D eigenvalue weighted by atomic mass is 10.0. The Bertz CT molecular complexity index is 436. The van der Waals surface area contributed by atoms with Crippen molar-refractivity contribution in [2.45, 2.75) is 57.7 Å². The number of benzene rings is 1. The third kappa shape index (κ3) is 4.25. The monoisotopic (exact) mass is 283 g/mol. The lowest BCUT2D eigenvalue weighted by molar-refractivity contribution is 0.108. The molecule has 1 heterocycles. The van der Waals surface area contributed by atoms with E-state index in [1.54, 1.807) is 13.0 Å². The van der Waals surface area contributed by atoms with Gasteiger partial charge in [0.1, 0.15) is 0 Å². The van der Waals surface area contributed by atoms with Crippen molar-refractivity contribution >= 4 is 0 Å². The first-order valence-electron chi connectivity index (χ1n) is 7.42. The molecule has 1 fully saturated rings. The molecule has 2 nitrogen and oxygen atoms in total. The summed E-state index contributed by atoms with van der Waals surface area (Å²) in [7, 11) is 0. The highest BCUT2D eigenvalue weighted by molar-refractivity contribution is 5.17. The van der Waals surface area contributed by atoms with Crippen LogP contribution in [-0.2, 0) is 6.54 Å². The van der Waals surface area contributed by atoms with E-state index in [0.717, 1.165) is 31.4 Å². The molecular formula is C16H23F2NO. The number of hydrogen-bond acceptors (Lipinski definition) is 2. The van der Waals surface area contributed by atoms with Gasteiger partial charge in [-0.25, -0.2) is 8.78 Å². The molecule has 1 aliphatic rings. The molecule has 2 atom stereocenters. The summed E-state index contributed by atoms with van der Waals surface area (Å²) in [5.41, 5.74) is 0.793. The van der Waals surface area contributed by atoms with Gasteiger partial charge >= 0.3 is 0 Å². The van der Waals surface area contributed by atoms with E-state index in [0.29, 0.717) is 12.6 Å². The molecule has 2 unspecified atom stereocenters. The van der Waals surface area contributed by atoms with Crippen LogP contribution in [0.5, 0.6) is 0 Å². The molecule has 0 aromatic heterocycles. The van der Waals surface area contributed by atoms with Crippen molar-refractivity contribution in [1.29, 1.82) is 0 Å². The van der Waals surface area contributed by atoms with Crippen LogP contribution in [-0.4, -0.2) is 28.7 Å². The van der Waals surface area contributed by atoms with Crippen LogP contribution >= 0.6 is 0 Å². The second-order valence-corrected chi connectivity index (χ2v) is 5.81. The number of aliphatic hydroxyl groups excluding tert-OH is 1. The van der Waals surface area contributed by atoms with Crippen LogP contribution in [0.25, 0.3) is 0 Å². The minimum atomic E-state index is -0.801. The van der Waals surface area contributed by atoms with E-state index < -0.39 is 11.6 Å². The van der Waals surface area contributed by atoms with Crippen molar-refractivity contribution in [3.8, 4) is 0 Å². The van der Waals surface area contributed by atoms with Gasteiger partial charge in [-0.05, 0) is 50.4 Å². The van der Waals surface area contributed by atoms with Crippen LogP contribution in [0, 0.1) is 11.6 Å². The van der Waals surface area contributed by atoms with Gasteiger partial charge in [-0.15, -0.1) is 0 Å². The zero-order valence-corrected chi connectivity index (χ0v) is 12.0. The average Bonchev–Trinajstić information content (AvgIpc) is 2.59. The molecule has 0 spiro atoms. The summed E-state index contributed by atoms with van der Waals surface area (Å²) in [4.78, 5) is 2.30. The van der Waals surface area contributed by atoms with Gasteiger partial charge in [0.05, 0.1) is 6.10 Å². The topological polar surface area (TPSA) is 23.5 Å². The van der Waals surface area contributed by atoms with Crippen LogP contribution < -0.4 is 0 Å². The van der Waals surface area contributed by atoms with Crippen molar-refractivity contribution in [2.24, 2.45) is 0 Å². The average molecular weight is 283 g/mol. The minimum Gasteiger partial charge on any atom is -0.393 e. The zero-order valence-electron chi connectivity index (χ0n) is 12.0. The normalized spacial score (nSPS) is 22.5. The molecule has 20 heavy (non-hydrogen) atoms. The Hall–Kier alpha value is -1.00. The van der Waals surface area contributed by atoms with Gasteiger partial charge in [-0.2, -0.15) is 0 Å². The Labute approximate surface area is 119 Å². The maximum atomic E-state index is 13.3. The number of halogens is 2. The molecule has 0 aliphatic carbocycles. The summed E-state index contributed by atoms with van der Waals surface area (Å²) in [5.74, 6) is -1.59. The predicted octanol–water partition coefficient (Wildman–Crippen LogP) is 3.48. The lowest BCUT2D eigenvalue weighted by Gasteiger charge is -2.31. The van der Waals surface area contributed by atoms with E-state index >= 15 is 0 Å². The number of rotatable bonds is 4. The highest BCUT2D eigenvalue weighted by atomic mass is 19.2. The number of nitrogens with zero attached hydrogens (tertiary/aromatic N) is 1. The van der Waals surface area contributed by atoms with Crippen molar-refractivity contribution in [1.82, 2.24) is 4.90 Å². The highest BCUT2D eigenvalue weighted by Crippen LogP contribution is 2.23. The Kier molecular flexibility index (Phi) is 5.49. The molecular weight excluding hydrogens is 260 g/mol. The van der Waals surface area contributed by atoms with Gasteiger partial charge in [0.2, 0.25) is 0 Å². The van der Waals surface area contributed by atoms with Gasteiger partial charge < -0.3 is 5.11 Å². The van der Waals surface area contributed by atoms with E-state index in [1.165, 1.54) is 25.0 Å². The van der Waals surface area contributed by atoms with Crippen molar-refractivity contribution in [3.63, 3.8) is 0 Å². The van der Waals surface area contributed by atoms with Crippen molar-refractivity contribution in [3.05, 3.63) is 35.4 Å². The zero-order chi connectivity index (χ0) is 14.5. The molecule has 4 heteroatoms. The fourth-order valence-corrected chi connectivity index (χ4v) is 2.98. The quantitative estimate of drug-likeness (QED) is 0.914. The van der Waals surface area contributed by atoms with Crippen LogP contribution in [0.2, 0.25) is 0 Å². The summed E-state index contributed by atoms with van der Waals surface area (Å²) in [6, 6.07) is 4.43. The maximum absolute atomic E-state index is 13.3. The fraction of sp³-hybridized carbons (Fsp3) is 0.625. The maximum Gasteiger partial charge on any atom is 0.159 e. The molecule has 0 radical (unpaired) electrons. The third-order valence-corrected chi connectivity index (χ3v) is 3.98. The van der Waals surface area contributed by atoms with E-state index in [2.05, 4.69) is 4.90 Å². The van der Waals surface area contributed by atoms with Gasteiger partial charge in [0.25, 0.3) is 0 Å². The first-order valence-corrected chi connectivity index (χ1v) is 7.42. The Morgan fingerprint density at radius 1 is 1.25 bits per heavy atom. The summed E-state index contributed by atoms with van der Waals surface area (Å²) < 4.78 is 26.3. The Balaban J connectivity index is 2.07. The summed E-state index contributed by atoms with van der Waals surface area (Å²) in [6.45, 7) is 3.38. The minimum absolute atomic E-state index is 0.325. The van der Waals surface area contributed by atoms with E-state index in [1.807, 2.05) is 0 Å². The third-order valence-electron chi connectivity index (χ3n) is 3.98. The second-order valence-electron chi connectivity index (χ2n) is 5.81. The smallest absolute Gasteiger partial charge is 0.159 e. The molecule has 1 aliphatic heterocycles. The van der Waals surface area contributed by atoms with Crippen LogP contribution in [0.15, 0.2) is 18.2 Å².